The second kappa shape index (κ2) is 8.99. The average molecular weight is 476 g/mol. The van der Waals surface area contributed by atoms with Crippen LogP contribution in [0.25, 0.3) is 0 Å². The summed E-state index contributed by atoms with van der Waals surface area (Å²) in [6.45, 7) is 11.5. The van der Waals surface area contributed by atoms with Crippen molar-refractivity contribution >= 4 is 16.1 Å². The standard InChI is InChI=1S/C24H33N3O5S/c1-13(2)17-10-16(12-25)15(5)21(14(3)4)22(17)26-23(28)27-33(30,31)20-11-18-19(32-20)8-7-9-24(18,6)29/h10-11,13-16,29H,7-9H2,1-6H3,(H2,26,27,28). The van der Waals surface area contributed by atoms with Gasteiger partial charge in [0.05, 0.1) is 17.6 Å². The number of allylic oxidation sites excluding steroid dienone is 3. The Labute approximate surface area is 195 Å². The summed E-state index contributed by atoms with van der Waals surface area (Å²) >= 11 is 0. The van der Waals surface area contributed by atoms with Crippen molar-refractivity contribution in [3.05, 3.63) is 40.3 Å². The summed E-state index contributed by atoms with van der Waals surface area (Å²) in [6, 6.07) is 2.71. The minimum Gasteiger partial charge on any atom is -0.447 e. The van der Waals surface area contributed by atoms with Gasteiger partial charge in [0.15, 0.2) is 0 Å². The van der Waals surface area contributed by atoms with E-state index < -0.39 is 26.7 Å². The molecule has 1 aromatic heterocycles. The second-order valence-corrected chi connectivity index (χ2v) is 11.4. The lowest BCUT2D eigenvalue weighted by molar-refractivity contribution is 0.0362. The molecule has 0 fully saturated rings. The number of sulfonamides is 1. The summed E-state index contributed by atoms with van der Waals surface area (Å²) in [6.07, 6.45) is 3.57. The fourth-order valence-corrected chi connectivity index (χ4v) is 5.69. The highest BCUT2D eigenvalue weighted by molar-refractivity contribution is 7.89. The summed E-state index contributed by atoms with van der Waals surface area (Å²) in [5.74, 6) is 0.0469. The van der Waals surface area contributed by atoms with Crippen LogP contribution < -0.4 is 10.0 Å². The molecule has 3 atom stereocenters. The number of furan rings is 1. The SMILES string of the molecule is CC(C)C1=CC(C#N)C(C)C(C(C)C)=C1NC(=O)NS(=O)(=O)c1cc2c(o1)CCCC2(C)O. The number of nitrogens with zero attached hydrogens (tertiary/aromatic N) is 1. The van der Waals surface area contributed by atoms with Gasteiger partial charge in [0.2, 0.25) is 5.09 Å². The van der Waals surface area contributed by atoms with Crippen LogP contribution in [0.3, 0.4) is 0 Å². The number of amides is 2. The van der Waals surface area contributed by atoms with E-state index in [1.807, 2.05) is 45.4 Å². The largest absolute Gasteiger partial charge is 0.447 e. The summed E-state index contributed by atoms with van der Waals surface area (Å²) in [5.41, 5.74) is 1.54. The Bertz CT molecular complexity index is 1150. The van der Waals surface area contributed by atoms with Crippen molar-refractivity contribution < 1.29 is 22.7 Å². The third kappa shape index (κ3) is 4.87. The first kappa shape index (κ1) is 25.1. The van der Waals surface area contributed by atoms with Gasteiger partial charge in [-0.05, 0) is 48.7 Å². The zero-order valence-corrected chi connectivity index (χ0v) is 20.8. The van der Waals surface area contributed by atoms with Crippen LogP contribution in [0, 0.1) is 35.0 Å². The van der Waals surface area contributed by atoms with Crippen molar-refractivity contribution in [1.29, 1.82) is 5.26 Å². The van der Waals surface area contributed by atoms with Gasteiger partial charge < -0.3 is 14.8 Å². The monoisotopic (exact) mass is 475 g/mol. The van der Waals surface area contributed by atoms with Crippen LogP contribution in [0.4, 0.5) is 4.79 Å². The summed E-state index contributed by atoms with van der Waals surface area (Å²) in [5, 5.41) is 22.5. The van der Waals surface area contributed by atoms with Crippen molar-refractivity contribution in [3.63, 3.8) is 0 Å². The number of aryl methyl sites for hydroxylation is 1. The first-order valence-corrected chi connectivity index (χ1v) is 12.8. The number of hydrogen-bond acceptors (Lipinski definition) is 6. The molecule has 1 heterocycles. The number of carbonyl (C=O) groups is 1. The number of fused-ring (bicyclic) bond motifs is 1. The summed E-state index contributed by atoms with van der Waals surface area (Å²) in [7, 11) is -4.29. The molecule has 3 unspecified atom stereocenters. The van der Waals surface area contributed by atoms with E-state index in [2.05, 4.69) is 11.4 Å². The van der Waals surface area contributed by atoms with Gasteiger partial charge in [-0.1, -0.05) is 40.7 Å². The third-order valence-electron chi connectivity index (χ3n) is 6.52. The smallest absolute Gasteiger partial charge is 0.333 e. The van der Waals surface area contributed by atoms with Crippen LogP contribution in [-0.2, 0) is 22.0 Å². The molecule has 0 bridgehead atoms. The Morgan fingerprint density at radius 1 is 1.30 bits per heavy atom. The van der Waals surface area contributed by atoms with E-state index in [9.17, 15) is 23.6 Å². The van der Waals surface area contributed by atoms with E-state index >= 15 is 0 Å². The minimum atomic E-state index is -4.29. The first-order chi connectivity index (χ1) is 15.3. The van der Waals surface area contributed by atoms with Gasteiger partial charge in [-0.3, -0.25) is 0 Å². The Hall–Kier alpha value is -2.57. The predicted molar refractivity (Wildman–Crippen MR) is 123 cm³/mol. The Balaban J connectivity index is 1.90. The number of carbonyl (C=O) groups excluding carboxylic acids is 1. The number of urea groups is 1. The Morgan fingerprint density at radius 2 is 1.97 bits per heavy atom. The van der Waals surface area contributed by atoms with Crippen molar-refractivity contribution in [2.45, 2.75) is 71.5 Å². The molecule has 1 aromatic rings. The maximum Gasteiger partial charge on any atom is 0.333 e. The molecule has 0 spiro atoms. The van der Waals surface area contributed by atoms with Crippen LogP contribution in [0.1, 0.15) is 65.7 Å². The van der Waals surface area contributed by atoms with Gasteiger partial charge in [-0.2, -0.15) is 13.7 Å². The molecule has 3 rings (SSSR count). The third-order valence-corrected chi connectivity index (χ3v) is 7.71. The molecule has 0 aromatic carbocycles. The van der Waals surface area contributed by atoms with Crippen LogP contribution in [0.2, 0.25) is 0 Å². The molecular formula is C24H33N3O5S. The maximum absolute atomic E-state index is 12.9. The molecule has 2 aliphatic carbocycles. The lowest BCUT2D eigenvalue weighted by atomic mass is 9.74. The predicted octanol–water partition coefficient (Wildman–Crippen LogP) is 4.09. The molecule has 0 radical (unpaired) electrons. The second-order valence-electron chi connectivity index (χ2n) is 9.79. The van der Waals surface area contributed by atoms with E-state index in [0.717, 1.165) is 11.1 Å². The highest BCUT2D eigenvalue weighted by Crippen LogP contribution is 2.40. The molecule has 2 aliphatic rings. The van der Waals surface area contributed by atoms with E-state index in [0.29, 0.717) is 36.3 Å². The van der Waals surface area contributed by atoms with Crippen LogP contribution >= 0.6 is 0 Å². The summed E-state index contributed by atoms with van der Waals surface area (Å²) < 4.78 is 33.3. The number of hydrogen-bond donors (Lipinski definition) is 3. The molecule has 8 nitrogen and oxygen atoms in total. The van der Waals surface area contributed by atoms with Gasteiger partial charge in [0.1, 0.15) is 5.76 Å². The zero-order chi connectivity index (χ0) is 24.7. The molecule has 180 valence electrons. The van der Waals surface area contributed by atoms with Crippen molar-refractivity contribution in [2.24, 2.45) is 23.7 Å². The van der Waals surface area contributed by atoms with Gasteiger partial charge in [0, 0.05) is 23.7 Å². The minimum absolute atomic E-state index is 0.0213. The fourth-order valence-electron chi connectivity index (χ4n) is 4.82. The van der Waals surface area contributed by atoms with Crippen LogP contribution in [0.5, 0.6) is 0 Å². The molecule has 9 heteroatoms. The molecule has 0 aliphatic heterocycles. The van der Waals surface area contributed by atoms with Crippen molar-refractivity contribution in [1.82, 2.24) is 10.0 Å². The van der Waals surface area contributed by atoms with Crippen molar-refractivity contribution in [3.8, 4) is 6.07 Å². The maximum atomic E-state index is 12.9. The number of aliphatic hydroxyl groups is 1. The topological polar surface area (TPSA) is 132 Å². The highest BCUT2D eigenvalue weighted by atomic mass is 32.2. The molecule has 3 N–H and O–H groups in total. The first-order valence-electron chi connectivity index (χ1n) is 11.3. The molecule has 2 amide bonds. The van der Waals surface area contributed by atoms with Gasteiger partial charge in [-0.25, -0.2) is 9.52 Å². The van der Waals surface area contributed by atoms with E-state index in [1.54, 1.807) is 6.92 Å². The van der Waals surface area contributed by atoms with Gasteiger partial charge in [0.25, 0.3) is 10.0 Å². The summed E-state index contributed by atoms with van der Waals surface area (Å²) in [4.78, 5) is 12.8. The molecule has 33 heavy (non-hydrogen) atoms. The van der Waals surface area contributed by atoms with Gasteiger partial charge >= 0.3 is 6.03 Å². The molecule has 0 saturated heterocycles. The van der Waals surface area contributed by atoms with E-state index in [4.69, 9.17) is 4.42 Å². The highest BCUT2D eigenvalue weighted by Gasteiger charge is 2.36. The number of nitrogens with one attached hydrogen (secondary N) is 2. The van der Waals surface area contributed by atoms with E-state index in [-0.39, 0.29) is 23.7 Å². The molecular weight excluding hydrogens is 442 g/mol. The lowest BCUT2D eigenvalue weighted by Gasteiger charge is -2.33. The van der Waals surface area contributed by atoms with Crippen molar-refractivity contribution in [2.75, 3.05) is 0 Å². The quantitative estimate of drug-likeness (QED) is 0.587. The number of nitriles is 1. The van der Waals surface area contributed by atoms with Gasteiger partial charge in [-0.15, -0.1) is 0 Å². The van der Waals surface area contributed by atoms with E-state index in [1.165, 1.54) is 6.07 Å². The Morgan fingerprint density at radius 3 is 2.52 bits per heavy atom. The zero-order valence-electron chi connectivity index (χ0n) is 20.0. The fraction of sp³-hybridized carbons (Fsp3) is 0.583. The van der Waals surface area contributed by atoms with Crippen LogP contribution in [-0.4, -0.2) is 19.6 Å². The lowest BCUT2D eigenvalue weighted by Crippen LogP contribution is -2.41. The normalized spacial score (nSPS) is 25.5. The molecule has 0 saturated carbocycles. The average Bonchev–Trinajstić information content (AvgIpc) is 3.14. The Kier molecular flexibility index (Phi) is 6.83. The number of rotatable bonds is 5. The van der Waals surface area contributed by atoms with Crippen LogP contribution in [0.15, 0.2) is 38.5 Å².